The maximum Gasteiger partial charge on any atom is 0.164 e. The first-order valence-corrected chi connectivity index (χ1v) is 14.8. The highest BCUT2D eigenvalue weighted by atomic mass is 15.0. The van der Waals surface area contributed by atoms with E-state index in [1.54, 1.807) is 0 Å². The lowest BCUT2D eigenvalue weighted by atomic mass is 9.82. The zero-order chi connectivity index (χ0) is 28.8. The Hall–Kier alpha value is -4.70. The molecule has 3 aromatic carbocycles. The molecule has 5 aromatic rings. The summed E-state index contributed by atoms with van der Waals surface area (Å²) < 4.78 is 0. The van der Waals surface area contributed by atoms with Crippen molar-refractivity contribution in [2.45, 2.75) is 52.4 Å². The Morgan fingerprint density at radius 1 is 0.619 bits per heavy atom. The van der Waals surface area contributed by atoms with Gasteiger partial charge in [-0.05, 0) is 78.6 Å². The van der Waals surface area contributed by atoms with Crippen molar-refractivity contribution in [3.05, 3.63) is 125 Å². The number of pyridine rings is 1. The van der Waals surface area contributed by atoms with Crippen LogP contribution in [0.25, 0.3) is 50.6 Å². The van der Waals surface area contributed by atoms with E-state index in [4.69, 9.17) is 15.0 Å². The summed E-state index contributed by atoms with van der Waals surface area (Å²) in [4.78, 5) is 19.8. The van der Waals surface area contributed by atoms with Gasteiger partial charge in [-0.3, -0.25) is 4.98 Å². The molecule has 0 spiro atoms. The average Bonchev–Trinajstić information content (AvgIpc) is 3.17. The average molecular weight is 547 g/mol. The second kappa shape index (κ2) is 10.3. The van der Waals surface area contributed by atoms with Crippen LogP contribution in [-0.4, -0.2) is 19.9 Å². The Balaban J connectivity index is 1.33. The van der Waals surface area contributed by atoms with Gasteiger partial charge in [0.1, 0.15) is 0 Å². The molecule has 0 radical (unpaired) electrons. The van der Waals surface area contributed by atoms with E-state index in [0.717, 1.165) is 64.3 Å². The van der Waals surface area contributed by atoms with Gasteiger partial charge in [0, 0.05) is 33.5 Å². The third-order valence-electron chi connectivity index (χ3n) is 8.69. The molecule has 0 atom stereocenters. The van der Waals surface area contributed by atoms with Gasteiger partial charge < -0.3 is 0 Å². The van der Waals surface area contributed by atoms with Gasteiger partial charge in [-0.1, -0.05) is 98.8 Å². The molecule has 7 rings (SSSR count). The van der Waals surface area contributed by atoms with Gasteiger partial charge in [-0.15, -0.1) is 0 Å². The van der Waals surface area contributed by atoms with Crippen LogP contribution in [0.4, 0.5) is 0 Å². The van der Waals surface area contributed by atoms with E-state index < -0.39 is 0 Å². The second-order valence-corrected chi connectivity index (χ2v) is 11.9. The Bertz CT molecular complexity index is 1890. The predicted octanol–water partition coefficient (Wildman–Crippen LogP) is 9.31. The molecule has 0 fully saturated rings. The molecule has 0 bridgehead atoms. The van der Waals surface area contributed by atoms with E-state index >= 15 is 0 Å². The van der Waals surface area contributed by atoms with Crippen molar-refractivity contribution in [1.29, 1.82) is 0 Å². The standard InChI is InChI=1S/C38H34N4/c1-24-15-21-30(25(2)39-24)26-16-18-28(19-17-26)36-40-35(27-11-7-5-6-8-12-27)41-37(42-36)29-20-22-32-31-13-9-10-14-33(31)38(3,4)34(32)23-29/h5,7,9-11,13-23H,6,8,12H2,1-4H3. The van der Waals surface area contributed by atoms with Crippen LogP contribution in [0.5, 0.6) is 0 Å². The topological polar surface area (TPSA) is 51.6 Å². The van der Waals surface area contributed by atoms with Crippen LogP contribution in [0.15, 0.2) is 97.1 Å². The normalized spacial score (nSPS) is 15.1. The predicted molar refractivity (Wildman–Crippen MR) is 172 cm³/mol. The van der Waals surface area contributed by atoms with Gasteiger partial charge in [0.2, 0.25) is 0 Å². The van der Waals surface area contributed by atoms with Crippen molar-refractivity contribution in [1.82, 2.24) is 19.9 Å². The van der Waals surface area contributed by atoms with Gasteiger partial charge in [-0.25, -0.2) is 15.0 Å². The number of aryl methyl sites for hydroxylation is 2. The van der Waals surface area contributed by atoms with Crippen LogP contribution in [0.1, 0.15) is 61.4 Å². The first-order chi connectivity index (χ1) is 20.4. The van der Waals surface area contributed by atoms with E-state index in [-0.39, 0.29) is 5.41 Å². The van der Waals surface area contributed by atoms with Crippen LogP contribution in [0, 0.1) is 13.8 Å². The molecule has 2 heterocycles. The van der Waals surface area contributed by atoms with Crippen molar-refractivity contribution in [3.63, 3.8) is 0 Å². The molecule has 0 saturated carbocycles. The molecular weight excluding hydrogens is 512 g/mol. The lowest BCUT2D eigenvalue weighted by molar-refractivity contribution is 0.660. The van der Waals surface area contributed by atoms with Crippen molar-refractivity contribution in [3.8, 4) is 45.0 Å². The molecule has 2 aromatic heterocycles. The van der Waals surface area contributed by atoms with E-state index in [1.165, 1.54) is 22.3 Å². The van der Waals surface area contributed by atoms with Gasteiger partial charge in [-0.2, -0.15) is 0 Å². The maximum absolute atomic E-state index is 5.07. The Morgan fingerprint density at radius 3 is 2.10 bits per heavy atom. The SMILES string of the molecule is Cc1ccc(-c2ccc(-c3nc(C4=CC=CCCC4)nc(-c4ccc5c(c4)C(C)(C)c4ccccc4-5)n3)cc2)c(C)n1. The summed E-state index contributed by atoms with van der Waals surface area (Å²) in [6, 6.07) is 28.1. The summed E-state index contributed by atoms with van der Waals surface area (Å²) in [5, 5.41) is 0. The Kier molecular flexibility index (Phi) is 6.42. The van der Waals surface area contributed by atoms with Crippen LogP contribution in [0.2, 0.25) is 0 Å². The number of rotatable bonds is 4. The third-order valence-corrected chi connectivity index (χ3v) is 8.69. The molecule has 42 heavy (non-hydrogen) atoms. The molecule has 2 aliphatic carbocycles. The van der Waals surface area contributed by atoms with Crippen LogP contribution in [0.3, 0.4) is 0 Å². The fourth-order valence-corrected chi connectivity index (χ4v) is 6.37. The summed E-state index contributed by atoms with van der Waals surface area (Å²) in [5.74, 6) is 2.16. The largest absolute Gasteiger partial charge is 0.258 e. The molecule has 0 N–H and O–H groups in total. The highest BCUT2D eigenvalue weighted by molar-refractivity contribution is 5.83. The third kappa shape index (κ3) is 4.57. The smallest absolute Gasteiger partial charge is 0.164 e. The van der Waals surface area contributed by atoms with E-state index in [1.807, 2.05) is 6.92 Å². The molecule has 0 saturated heterocycles. The molecule has 2 aliphatic rings. The van der Waals surface area contributed by atoms with Gasteiger partial charge in [0.05, 0.1) is 0 Å². The molecule has 206 valence electrons. The second-order valence-electron chi connectivity index (χ2n) is 11.9. The van der Waals surface area contributed by atoms with Crippen molar-refractivity contribution < 1.29 is 0 Å². The zero-order valence-corrected chi connectivity index (χ0v) is 24.6. The number of benzene rings is 3. The quantitative estimate of drug-likeness (QED) is 0.225. The molecule has 4 heteroatoms. The lowest BCUT2D eigenvalue weighted by Crippen LogP contribution is -2.15. The summed E-state index contributed by atoms with van der Waals surface area (Å²) >= 11 is 0. The number of nitrogens with zero attached hydrogens (tertiary/aromatic N) is 4. The zero-order valence-electron chi connectivity index (χ0n) is 24.6. The molecule has 0 aliphatic heterocycles. The van der Waals surface area contributed by atoms with Crippen molar-refractivity contribution in [2.24, 2.45) is 0 Å². The summed E-state index contributed by atoms with van der Waals surface area (Å²) in [6.45, 7) is 8.70. The van der Waals surface area contributed by atoms with Gasteiger partial charge in [0.15, 0.2) is 17.5 Å². The first-order valence-electron chi connectivity index (χ1n) is 14.8. The van der Waals surface area contributed by atoms with Crippen LogP contribution >= 0.6 is 0 Å². The molecule has 4 nitrogen and oxygen atoms in total. The van der Waals surface area contributed by atoms with Crippen LogP contribution < -0.4 is 0 Å². The minimum atomic E-state index is -0.0893. The van der Waals surface area contributed by atoms with Gasteiger partial charge in [0.25, 0.3) is 0 Å². The molecular formula is C38H34N4. The highest BCUT2D eigenvalue weighted by Gasteiger charge is 2.35. The number of allylic oxidation sites excluding steroid dienone is 4. The highest BCUT2D eigenvalue weighted by Crippen LogP contribution is 2.49. The summed E-state index contributed by atoms with van der Waals surface area (Å²) in [5.41, 5.74) is 12.7. The van der Waals surface area contributed by atoms with E-state index in [2.05, 4.69) is 123 Å². The van der Waals surface area contributed by atoms with E-state index in [9.17, 15) is 0 Å². The van der Waals surface area contributed by atoms with Gasteiger partial charge >= 0.3 is 0 Å². The Labute approximate surface area is 248 Å². The van der Waals surface area contributed by atoms with Crippen molar-refractivity contribution in [2.75, 3.05) is 0 Å². The fraction of sp³-hybridized carbons (Fsp3) is 0.211. The minimum absolute atomic E-state index is 0.0893. The Morgan fingerprint density at radius 2 is 1.29 bits per heavy atom. The minimum Gasteiger partial charge on any atom is -0.258 e. The summed E-state index contributed by atoms with van der Waals surface area (Å²) in [6.07, 6.45) is 9.61. The summed E-state index contributed by atoms with van der Waals surface area (Å²) in [7, 11) is 0. The molecule has 0 amide bonds. The first kappa shape index (κ1) is 26.2. The van der Waals surface area contributed by atoms with E-state index in [0.29, 0.717) is 11.6 Å². The lowest BCUT2D eigenvalue weighted by Gasteiger charge is -2.21. The maximum atomic E-state index is 5.07. The number of fused-ring (bicyclic) bond motifs is 3. The number of hydrogen-bond donors (Lipinski definition) is 0. The van der Waals surface area contributed by atoms with Crippen LogP contribution in [-0.2, 0) is 5.41 Å². The molecule has 0 unspecified atom stereocenters. The number of aromatic nitrogens is 4. The van der Waals surface area contributed by atoms with Crippen molar-refractivity contribution >= 4 is 5.57 Å². The number of hydrogen-bond acceptors (Lipinski definition) is 4. The monoisotopic (exact) mass is 546 g/mol. The fourth-order valence-electron chi connectivity index (χ4n) is 6.37.